The van der Waals surface area contributed by atoms with Crippen molar-refractivity contribution in [3.63, 3.8) is 0 Å². The molecule has 0 aromatic heterocycles. The molecule has 4 aromatic rings. The lowest BCUT2D eigenvalue weighted by Crippen LogP contribution is -2.26. The van der Waals surface area contributed by atoms with Crippen molar-refractivity contribution in [3.05, 3.63) is 106 Å². The van der Waals surface area contributed by atoms with Gasteiger partial charge in [0, 0.05) is 46.9 Å². The van der Waals surface area contributed by atoms with Gasteiger partial charge in [-0.05, 0) is 58.7 Å². The fraction of sp³-hybridized carbons (Fsp3) is 0.143. The van der Waals surface area contributed by atoms with Gasteiger partial charge in [-0.2, -0.15) is 0 Å². The van der Waals surface area contributed by atoms with Crippen LogP contribution < -0.4 is 0 Å². The Labute approximate surface area is 195 Å². The van der Waals surface area contributed by atoms with Crippen molar-refractivity contribution in [1.29, 1.82) is 0 Å². The van der Waals surface area contributed by atoms with Gasteiger partial charge in [0.2, 0.25) is 0 Å². The lowest BCUT2D eigenvalue weighted by Gasteiger charge is -2.40. The molecular formula is C28H22O6. The summed E-state index contributed by atoms with van der Waals surface area (Å²) in [4.78, 5) is 0. The molecule has 0 saturated carbocycles. The minimum atomic E-state index is -0.397. The summed E-state index contributed by atoms with van der Waals surface area (Å²) in [6.45, 7) is 0. The van der Waals surface area contributed by atoms with Crippen LogP contribution in [0, 0.1) is 0 Å². The molecule has 170 valence electrons. The van der Waals surface area contributed by atoms with Gasteiger partial charge in [-0.3, -0.25) is 0 Å². The standard InChI is InChI=1S/C28H22O6/c29-15-5-1-13(2-6-15)23-25-19(9-17(31)11-21(25)33)28-24(14-3-7-16(30)8-4-14)27(23)20-10-18(32)12-22(34)26(20)28/h1-12,23-24,27-34H/t23-,24-,27-,28+/m0/s1. The van der Waals surface area contributed by atoms with Gasteiger partial charge in [-0.1, -0.05) is 24.3 Å². The molecule has 0 saturated heterocycles. The summed E-state index contributed by atoms with van der Waals surface area (Å²) in [5.41, 5.74) is 4.48. The Balaban J connectivity index is 1.72. The molecule has 4 aromatic carbocycles. The topological polar surface area (TPSA) is 121 Å². The van der Waals surface area contributed by atoms with E-state index in [4.69, 9.17) is 0 Å². The zero-order chi connectivity index (χ0) is 23.7. The van der Waals surface area contributed by atoms with Crippen LogP contribution >= 0.6 is 0 Å². The molecule has 0 radical (unpaired) electrons. The van der Waals surface area contributed by atoms with Crippen molar-refractivity contribution in [3.8, 4) is 34.5 Å². The molecule has 0 heterocycles. The largest absolute Gasteiger partial charge is 0.508 e. The monoisotopic (exact) mass is 454 g/mol. The molecule has 6 nitrogen and oxygen atoms in total. The second kappa shape index (κ2) is 7.09. The molecule has 2 aliphatic carbocycles. The number of hydrogen-bond donors (Lipinski definition) is 6. The third-order valence-electron chi connectivity index (χ3n) is 7.30. The summed E-state index contributed by atoms with van der Waals surface area (Å²) in [6, 6.07) is 19.6. The fourth-order valence-corrected chi connectivity index (χ4v) is 6.15. The van der Waals surface area contributed by atoms with Crippen LogP contribution in [-0.2, 0) is 0 Å². The maximum Gasteiger partial charge on any atom is 0.123 e. The number of rotatable bonds is 2. The van der Waals surface area contributed by atoms with E-state index in [2.05, 4.69) is 0 Å². The summed E-state index contributed by atoms with van der Waals surface area (Å²) >= 11 is 0. The number of fused-ring (bicyclic) bond motifs is 7. The van der Waals surface area contributed by atoms with Gasteiger partial charge >= 0.3 is 0 Å². The van der Waals surface area contributed by atoms with Gasteiger partial charge in [0.25, 0.3) is 0 Å². The van der Waals surface area contributed by atoms with Gasteiger partial charge in [-0.15, -0.1) is 0 Å². The number of aromatic hydroxyl groups is 6. The lowest BCUT2D eigenvalue weighted by molar-refractivity contribution is 0.406. The molecule has 4 atom stereocenters. The first-order chi connectivity index (χ1) is 16.3. The fourth-order valence-electron chi connectivity index (χ4n) is 6.15. The van der Waals surface area contributed by atoms with Gasteiger partial charge < -0.3 is 30.6 Å². The van der Waals surface area contributed by atoms with Crippen LogP contribution in [0.3, 0.4) is 0 Å². The highest BCUT2D eigenvalue weighted by Crippen LogP contribution is 2.68. The van der Waals surface area contributed by atoms with E-state index in [0.717, 1.165) is 16.7 Å². The first-order valence-corrected chi connectivity index (χ1v) is 11.0. The molecule has 0 amide bonds. The molecule has 0 unspecified atom stereocenters. The molecule has 0 aliphatic heterocycles. The maximum absolute atomic E-state index is 11.0. The van der Waals surface area contributed by atoms with Crippen molar-refractivity contribution >= 4 is 0 Å². The van der Waals surface area contributed by atoms with Crippen LogP contribution in [0.5, 0.6) is 34.5 Å². The molecule has 34 heavy (non-hydrogen) atoms. The first-order valence-electron chi connectivity index (χ1n) is 11.0. The zero-order valence-electron chi connectivity index (χ0n) is 17.9. The van der Waals surface area contributed by atoms with E-state index in [0.29, 0.717) is 16.7 Å². The smallest absolute Gasteiger partial charge is 0.123 e. The molecular weight excluding hydrogens is 432 g/mol. The van der Waals surface area contributed by atoms with Crippen molar-refractivity contribution < 1.29 is 30.6 Å². The minimum Gasteiger partial charge on any atom is -0.508 e. The Morgan fingerprint density at radius 1 is 0.412 bits per heavy atom. The van der Waals surface area contributed by atoms with E-state index in [1.54, 1.807) is 48.5 Å². The van der Waals surface area contributed by atoms with Gasteiger partial charge in [0.1, 0.15) is 34.5 Å². The maximum atomic E-state index is 11.0. The number of benzene rings is 4. The van der Waals surface area contributed by atoms with Crippen LogP contribution in [-0.4, -0.2) is 30.6 Å². The summed E-state index contributed by atoms with van der Waals surface area (Å²) < 4.78 is 0. The lowest BCUT2D eigenvalue weighted by atomic mass is 9.63. The average molecular weight is 454 g/mol. The van der Waals surface area contributed by atoms with Crippen LogP contribution in [0.4, 0.5) is 0 Å². The van der Waals surface area contributed by atoms with E-state index in [9.17, 15) is 30.6 Å². The quantitative estimate of drug-likeness (QED) is 0.251. The van der Waals surface area contributed by atoms with Crippen molar-refractivity contribution in [1.82, 2.24) is 0 Å². The Kier molecular flexibility index (Phi) is 4.23. The number of phenols is 6. The molecule has 6 rings (SSSR count). The molecule has 2 aliphatic rings. The summed E-state index contributed by atoms with van der Waals surface area (Å²) in [5.74, 6) is -1.29. The average Bonchev–Trinajstić information content (AvgIpc) is 3.05. The molecule has 0 spiro atoms. The first kappa shape index (κ1) is 20.3. The van der Waals surface area contributed by atoms with Gasteiger partial charge in [-0.25, -0.2) is 0 Å². The second-order valence-electron chi connectivity index (χ2n) is 9.13. The van der Waals surface area contributed by atoms with E-state index in [1.807, 2.05) is 12.1 Å². The van der Waals surface area contributed by atoms with E-state index >= 15 is 0 Å². The third kappa shape index (κ3) is 2.81. The van der Waals surface area contributed by atoms with Crippen LogP contribution in [0.25, 0.3) is 0 Å². The number of hydrogen-bond acceptors (Lipinski definition) is 6. The van der Waals surface area contributed by atoms with E-state index in [-0.39, 0.29) is 46.3 Å². The predicted molar refractivity (Wildman–Crippen MR) is 125 cm³/mol. The highest BCUT2D eigenvalue weighted by atomic mass is 16.3. The highest BCUT2D eigenvalue weighted by Gasteiger charge is 2.53. The summed E-state index contributed by atoms with van der Waals surface area (Å²) in [6.07, 6.45) is 0. The third-order valence-corrected chi connectivity index (χ3v) is 7.30. The van der Waals surface area contributed by atoms with Gasteiger partial charge in [0.05, 0.1) is 0 Å². The Morgan fingerprint density at radius 3 is 1.44 bits per heavy atom. The summed E-state index contributed by atoms with van der Waals surface area (Å²) in [5, 5.41) is 62.6. The number of phenolic OH excluding ortho intramolecular Hbond substituents is 6. The molecule has 6 heteroatoms. The van der Waals surface area contributed by atoms with E-state index in [1.165, 1.54) is 12.1 Å². The Bertz CT molecular complexity index is 1430. The SMILES string of the molecule is Oc1ccc([C@H]2c3c(O)cc(O)cc3[C@H]3c4c(O)cc(O)cc4[C@@H]2[C@@H]3c2ccc(O)cc2)cc1. The normalized spacial score (nSPS) is 22.2. The zero-order valence-corrected chi connectivity index (χ0v) is 17.9. The van der Waals surface area contributed by atoms with Crippen LogP contribution in [0.1, 0.15) is 57.1 Å². The van der Waals surface area contributed by atoms with Crippen LogP contribution in [0.2, 0.25) is 0 Å². The van der Waals surface area contributed by atoms with Crippen molar-refractivity contribution in [2.75, 3.05) is 0 Å². The predicted octanol–water partition coefficient (Wildman–Crippen LogP) is 5.08. The minimum absolute atomic E-state index is 0.0496. The highest BCUT2D eigenvalue weighted by molar-refractivity contribution is 5.68. The van der Waals surface area contributed by atoms with Crippen molar-refractivity contribution in [2.24, 2.45) is 0 Å². The van der Waals surface area contributed by atoms with Crippen LogP contribution in [0.15, 0.2) is 72.8 Å². The Hall–Kier alpha value is -4.32. The van der Waals surface area contributed by atoms with Crippen molar-refractivity contribution in [2.45, 2.75) is 23.7 Å². The molecule has 6 N–H and O–H groups in total. The molecule has 0 fully saturated rings. The molecule has 2 bridgehead atoms. The Morgan fingerprint density at radius 2 is 0.882 bits per heavy atom. The van der Waals surface area contributed by atoms with E-state index < -0.39 is 11.8 Å². The second-order valence-corrected chi connectivity index (χ2v) is 9.13. The van der Waals surface area contributed by atoms with Gasteiger partial charge in [0.15, 0.2) is 0 Å². The summed E-state index contributed by atoms with van der Waals surface area (Å²) in [7, 11) is 0.